The Kier molecular flexibility index (Phi) is 7.96. The summed E-state index contributed by atoms with van der Waals surface area (Å²) in [6, 6.07) is 14.6. The van der Waals surface area contributed by atoms with Crippen LogP contribution in [0.5, 0.6) is 0 Å². The highest BCUT2D eigenvalue weighted by atomic mass is 16.5. The molecule has 0 fully saturated rings. The summed E-state index contributed by atoms with van der Waals surface area (Å²) in [6.45, 7) is 0.662. The van der Waals surface area contributed by atoms with E-state index in [1.165, 1.54) is 23.4 Å². The second kappa shape index (κ2) is 10.5. The van der Waals surface area contributed by atoms with Crippen LogP contribution in [0.1, 0.15) is 44.1 Å². The number of rotatable bonds is 10. The normalized spacial score (nSPS) is 10.6. The topological polar surface area (TPSA) is 55.4 Å². The molecule has 0 saturated carbocycles. The molecule has 0 spiro atoms. The van der Waals surface area contributed by atoms with Gasteiger partial charge in [-0.1, -0.05) is 55.3 Å². The average molecular weight is 341 g/mol. The fourth-order valence-corrected chi connectivity index (χ4v) is 2.95. The number of esters is 1. The highest BCUT2D eigenvalue weighted by molar-refractivity contribution is 5.85. The summed E-state index contributed by atoms with van der Waals surface area (Å²) in [6.07, 6.45) is 5.47. The van der Waals surface area contributed by atoms with Gasteiger partial charge in [0.05, 0.1) is 7.11 Å². The van der Waals surface area contributed by atoms with Crippen molar-refractivity contribution in [1.82, 2.24) is 5.32 Å². The maximum absolute atomic E-state index is 11.9. The summed E-state index contributed by atoms with van der Waals surface area (Å²) >= 11 is 0. The number of carbonyl (C=O) groups is 2. The van der Waals surface area contributed by atoms with Crippen LogP contribution in [-0.2, 0) is 20.7 Å². The number of unbranched alkanes of at least 4 members (excludes halogenated alkanes) is 3. The van der Waals surface area contributed by atoms with E-state index >= 15 is 0 Å². The van der Waals surface area contributed by atoms with Crippen molar-refractivity contribution in [3.63, 3.8) is 0 Å². The standard InChI is InChI=1S/C21H27NO3/c1-25-21(24)14-5-3-2-4-13-20(23)22-16-15-18-11-8-10-17-9-6-7-12-19(17)18/h6-12H,2-5,13-16H2,1H3,(H,22,23). The van der Waals surface area contributed by atoms with E-state index in [0.717, 1.165) is 32.1 Å². The van der Waals surface area contributed by atoms with Gasteiger partial charge in [-0.15, -0.1) is 0 Å². The first kappa shape index (κ1) is 19.0. The lowest BCUT2D eigenvalue weighted by atomic mass is 10.0. The maximum atomic E-state index is 11.9. The number of benzene rings is 2. The predicted octanol–water partition coefficient (Wildman–Crippen LogP) is 4.01. The summed E-state index contributed by atoms with van der Waals surface area (Å²) in [5.74, 6) is -0.0561. The Morgan fingerprint density at radius 1 is 0.920 bits per heavy atom. The van der Waals surface area contributed by atoms with Crippen molar-refractivity contribution in [2.24, 2.45) is 0 Å². The van der Waals surface area contributed by atoms with Gasteiger partial charge in [0.2, 0.25) is 5.91 Å². The third kappa shape index (κ3) is 6.57. The smallest absolute Gasteiger partial charge is 0.305 e. The first-order valence-electron chi connectivity index (χ1n) is 9.01. The van der Waals surface area contributed by atoms with Gasteiger partial charge in [-0.2, -0.15) is 0 Å². The van der Waals surface area contributed by atoms with Crippen LogP contribution in [0.2, 0.25) is 0 Å². The number of nitrogens with one attached hydrogen (secondary N) is 1. The van der Waals surface area contributed by atoms with Crippen LogP contribution in [0.3, 0.4) is 0 Å². The van der Waals surface area contributed by atoms with Gasteiger partial charge in [0.15, 0.2) is 0 Å². The molecule has 4 heteroatoms. The third-order valence-electron chi connectivity index (χ3n) is 4.36. The summed E-state index contributed by atoms with van der Waals surface area (Å²) in [4.78, 5) is 22.9. The van der Waals surface area contributed by atoms with Gasteiger partial charge in [0.25, 0.3) is 0 Å². The molecule has 2 rings (SSSR count). The molecule has 0 aliphatic heterocycles. The average Bonchev–Trinajstić information content (AvgIpc) is 2.64. The number of hydrogen-bond acceptors (Lipinski definition) is 3. The summed E-state index contributed by atoms with van der Waals surface area (Å²) in [7, 11) is 1.41. The Labute approximate surface area is 149 Å². The van der Waals surface area contributed by atoms with Gasteiger partial charge < -0.3 is 10.1 Å². The lowest BCUT2D eigenvalue weighted by Gasteiger charge is -2.08. The van der Waals surface area contributed by atoms with Crippen molar-refractivity contribution in [2.45, 2.75) is 44.9 Å². The van der Waals surface area contributed by atoms with Crippen LogP contribution >= 0.6 is 0 Å². The van der Waals surface area contributed by atoms with Gasteiger partial charge in [-0.3, -0.25) is 9.59 Å². The molecule has 0 unspecified atom stereocenters. The van der Waals surface area contributed by atoms with E-state index in [0.29, 0.717) is 19.4 Å². The molecule has 4 nitrogen and oxygen atoms in total. The van der Waals surface area contributed by atoms with Crippen molar-refractivity contribution in [2.75, 3.05) is 13.7 Å². The molecule has 2 aromatic rings. The van der Waals surface area contributed by atoms with Gasteiger partial charge in [0, 0.05) is 19.4 Å². The molecule has 1 N–H and O–H groups in total. The zero-order valence-corrected chi connectivity index (χ0v) is 14.9. The molecule has 0 radical (unpaired) electrons. The van der Waals surface area contributed by atoms with E-state index in [-0.39, 0.29) is 11.9 Å². The lowest BCUT2D eigenvalue weighted by molar-refractivity contribution is -0.140. The van der Waals surface area contributed by atoms with Gasteiger partial charge in [-0.05, 0) is 35.6 Å². The highest BCUT2D eigenvalue weighted by Gasteiger charge is 2.04. The molecule has 134 valence electrons. The third-order valence-corrected chi connectivity index (χ3v) is 4.36. The SMILES string of the molecule is COC(=O)CCCCCCC(=O)NCCc1cccc2ccccc12. The van der Waals surface area contributed by atoms with Crippen molar-refractivity contribution in [3.8, 4) is 0 Å². The van der Waals surface area contributed by atoms with Crippen LogP contribution in [0.25, 0.3) is 10.8 Å². The minimum atomic E-state index is -0.161. The number of ether oxygens (including phenoxy) is 1. The molecule has 0 aliphatic rings. The fraction of sp³-hybridized carbons (Fsp3) is 0.429. The van der Waals surface area contributed by atoms with Crippen molar-refractivity contribution >= 4 is 22.6 Å². The molecule has 0 bridgehead atoms. The van der Waals surface area contributed by atoms with E-state index in [1.807, 2.05) is 12.1 Å². The molecule has 25 heavy (non-hydrogen) atoms. The highest BCUT2D eigenvalue weighted by Crippen LogP contribution is 2.18. The summed E-state index contributed by atoms with van der Waals surface area (Å²) in [5.41, 5.74) is 1.27. The first-order valence-corrected chi connectivity index (χ1v) is 9.01. The molecule has 2 aromatic carbocycles. The Balaban J connectivity index is 1.61. The summed E-state index contributed by atoms with van der Waals surface area (Å²) < 4.78 is 4.60. The minimum absolute atomic E-state index is 0.105. The number of fused-ring (bicyclic) bond motifs is 1. The fourth-order valence-electron chi connectivity index (χ4n) is 2.95. The number of amides is 1. The van der Waals surface area contributed by atoms with Crippen molar-refractivity contribution < 1.29 is 14.3 Å². The molecule has 0 saturated heterocycles. The second-order valence-electron chi connectivity index (χ2n) is 6.23. The Hall–Kier alpha value is -2.36. The monoisotopic (exact) mass is 341 g/mol. The van der Waals surface area contributed by atoms with E-state index in [2.05, 4.69) is 40.4 Å². The van der Waals surface area contributed by atoms with Gasteiger partial charge >= 0.3 is 5.97 Å². The zero-order chi connectivity index (χ0) is 17.9. The number of hydrogen-bond donors (Lipinski definition) is 1. The van der Waals surface area contributed by atoms with Crippen LogP contribution < -0.4 is 5.32 Å². The first-order chi connectivity index (χ1) is 12.2. The van der Waals surface area contributed by atoms with Crippen LogP contribution in [0.4, 0.5) is 0 Å². The van der Waals surface area contributed by atoms with Crippen LogP contribution in [0.15, 0.2) is 42.5 Å². The van der Waals surface area contributed by atoms with Crippen LogP contribution in [-0.4, -0.2) is 25.5 Å². The van der Waals surface area contributed by atoms with Gasteiger partial charge in [-0.25, -0.2) is 0 Å². The van der Waals surface area contributed by atoms with Crippen molar-refractivity contribution in [3.05, 3.63) is 48.0 Å². The van der Waals surface area contributed by atoms with Crippen LogP contribution in [0, 0.1) is 0 Å². The molecule has 0 atom stereocenters. The Bertz CT molecular complexity index is 691. The minimum Gasteiger partial charge on any atom is -0.469 e. The van der Waals surface area contributed by atoms with E-state index in [9.17, 15) is 9.59 Å². The van der Waals surface area contributed by atoms with E-state index in [4.69, 9.17) is 0 Å². The molecular formula is C21H27NO3. The molecular weight excluding hydrogens is 314 g/mol. The quantitative estimate of drug-likeness (QED) is 0.525. The maximum Gasteiger partial charge on any atom is 0.305 e. The van der Waals surface area contributed by atoms with E-state index < -0.39 is 0 Å². The number of carbonyl (C=O) groups excluding carboxylic acids is 2. The van der Waals surface area contributed by atoms with Crippen molar-refractivity contribution in [1.29, 1.82) is 0 Å². The van der Waals surface area contributed by atoms with E-state index in [1.54, 1.807) is 0 Å². The predicted molar refractivity (Wildman–Crippen MR) is 100 cm³/mol. The summed E-state index contributed by atoms with van der Waals surface area (Å²) in [5, 5.41) is 5.49. The Morgan fingerprint density at radius 2 is 1.64 bits per heavy atom. The lowest BCUT2D eigenvalue weighted by Crippen LogP contribution is -2.25. The molecule has 0 aromatic heterocycles. The Morgan fingerprint density at radius 3 is 2.44 bits per heavy atom. The largest absolute Gasteiger partial charge is 0.469 e. The molecule has 1 amide bonds. The number of methoxy groups -OCH3 is 1. The zero-order valence-electron chi connectivity index (χ0n) is 14.9. The molecule has 0 aliphatic carbocycles. The second-order valence-corrected chi connectivity index (χ2v) is 6.23. The molecule has 0 heterocycles. The van der Waals surface area contributed by atoms with Gasteiger partial charge in [0.1, 0.15) is 0 Å².